The lowest BCUT2D eigenvalue weighted by atomic mass is 10.2. The molecule has 0 rings (SSSR count). The SMILES string of the molecule is CC(C)OCCOCCCCC(=O)NN. The molecule has 0 spiro atoms. The highest BCUT2D eigenvalue weighted by Gasteiger charge is 1.97. The predicted molar refractivity (Wildman–Crippen MR) is 58.1 cm³/mol. The van der Waals surface area contributed by atoms with Crippen molar-refractivity contribution in [3.05, 3.63) is 0 Å². The Labute approximate surface area is 91.3 Å². The van der Waals surface area contributed by atoms with Gasteiger partial charge in [-0.15, -0.1) is 0 Å². The number of carbonyl (C=O) groups excluding carboxylic acids is 1. The van der Waals surface area contributed by atoms with E-state index in [1.165, 1.54) is 0 Å². The Hall–Kier alpha value is -0.650. The van der Waals surface area contributed by atoms with Crippen molar-refractivity contribution < 1.29 is 14.3 Å². The van der Waals surface area contributed by atoms with Crippen molar-refractivity contribution in [3.8, 4) is 0 Å². The van der Waals surface area contributed by atoms with Gasteiger partial charge in [0.15, 0.2) is 0 Å². The Morgan fingerprint density at radius 1 is 1.27 bits per heavy atom. The Morgan fingerprint density at radius 2 is 2.00 bits per heavy atom. The summed E-state index contributed by atoms with van der Waals surface area (Å²) in [7, 11) is 0. The van der Waals surface area contributed by atoms with Gasteiger partial charge in [-0.2, -0.15) is 0 Å². The second-order valence-electron chi connectivity index (χ2n) is 3.56. The number of nitrogens with one attached hydrogen (secondary N) is 1. The first-order valence-electron chi connectivity index (χ1n) is 5.35. The van der Waals surface area contributed by atoms with Gasteiger partial charge in [0.05, 0.1) is 19.3 Å². The van der Waals surface area contributed by atoms with Crippen LogP contribution in [-0.2, 0) is 14.3 Å². The van der Waals surface area contributed by atoms with E-state index < -0.39 is 0 Å². The minimum atomic E-state index is -0.127. The summed E-state index contributed by atoms with van der Waals surface area (Å²) in [5, 5.41) is 0. The van der Waals surface area contributed by atoms with Gasteiger partial charge in [-0.25, -0.2) is 5.84 Å². The highest BCUT2D eigenvalue weighted by atomic mass is 16.5. The van der Waals surface area contributed by atoms with Gasteiger partial charge < -0.3 is 9.47 Å². The molecule has 0 aliphatic heterocycles. The van der Waals surface area contributed by atoms with Crippen LogP contribution in [0.25, 0.3) is 0 Å². The number of hydrogen-bond acceptors (Lipinski definition) is 4. The average molecular weight is 218 g/mol. The zero-order valence-electron chi connectivity index (χ0n) is 9.62. The zero-order chi connectivity index (χ0) is 11.5. The third-order valence-electron chi connectivity index (χ3n) is 1.78. The molecule has 0 aromatic rings. The van der Waals surface area contributed by atoms with Gasteiger partial charge in [-0.1, -0.05) is 0 Å². The fourth-order valence-electron chi connectivity index (χ4n) is 1.01. The molecule has 3 N–H and O–H groups in total. The third-order valence-corrected chi connectivity index (χ3v) is 1.78. The van der Waals surface area contributed by atoms with Crippen LogP contribution in [0.5, 0.6) is 0 Å². The third kappa shape index (κ3) is 11.3. The number of hydrazine groups is 1. The molecule has 1 amide bonds. The second kappa shape index (κ2) is 9.89. The van der Waals surface area contributed by atoms with Crippen LogP contribution in [0.2, 0.25) is 0 Å². The molecule has 0 aliphatic rings. The van der Waals surface area contributed by atoms with E-state index >= 15 is 0 Å². The maximum atomic E-state index is 10.7. The maximum Gasteiger partial charge on any atom is 0.233 e. The first-order chi connectivity index (χ1) is 7.16. The zero-order valence-corrected chi connectivity index (χ0v) is 9.62. The van der Waals surface area contributed by atoms with Crippen molar-refractivity contribution in [3.63, 3.8) is 0 Å². The summed E-state index contributed by atoms with van der Waals surface area (Å²) in [4.78, 5) is 10.7. The van der Waals surface area contributed by atoms with E-state index in [2.05, 4.69) is 5.43 Å². The molecule has 0 fully saturated rings. The van der Waals surface area contributed by atoms with E-state index in [1.54, 1.807) is 0 Å². The molecule has 15 heavy (non-hydrogen) atoms. The van der Waals surface area contributed by atoms with E-state index in [1.807, 2.05) is 13.8 Å². The molecule has 0 atom stereocenters. The molecule has 0 heterocycles. The van der Waals surface area contributed by atoms with Gasteiger partial charge in [0.1, 0.15) is 0 Å². The van der Waals surface area contributed by atoms with Crippen LogP contribution in [0.4, 0.5) is 0 Å². The number of carbonyl (C=O) groups is 1. The number of nitrogens with two attached hydrogens (primary N) is 1. The number of unbranched alkanes of at least 4 members (excludes halogenated alkanes) is 1. The summed E-state index contributed by atoms with van der Waals surface area (Å²) in [6.45, 7) is 5.89. The summed E-state index contributed by atoms with van der Waals surface area (Å²) >= 11 is 0. The van der Waals surface area contributed by atoms with Gasteiger partial charge in [0.2, 0.25) is 5.91 Å². The van der Waals surface area contributed by atoms with E-state index in [0.717, 1.165) is 12.8 Å². The highest BCUT2D eigenvalue weighted by molar-refractivity contribution is 5.74. The van der Waals surface area contributed by atoms with Crippen molar-refractivity contribution in [1.29, 1.82) is 0 Å². The molecule has 0 saturated carbocycles. The fraction of sp³-hybridized carbons (Fsp3) is 0.900. The molecular formula is C10H22N2O3. The molecule has 0 unspecified atom stereocenters. The number of hydrogen-bond donors (Lipinski definition) is 2. The fourth-order valence-corrected chi connectivity index (χ4v) is 1.01. The van der Waals surface area contributed by atoms with Crippen molar-refractivity contribution >= 4 is 5.91 Å². The second-order valence-corrected chi connectivity index (χ2v) is 3.56. The van der Waals surface area contributed by atoms with Crippen LogP contribution in [0.15, 0.2) is 0 Å². The lowest BCUT2D eigenvalue weighted by molar-refractivity contribution is -0.121. The Balaban J connectivity index is 3.02. The number of ether oxygens (including phenoxy) is 2. The largest absolute Gasteiger partial charge is 0.379 e. The summed E-state index contributed by atoms with van der Waals surface area (Å²) in [6, 6.07) is 0. The van der Waals surface area contributed by atoms with E-state index in [-0.39, 0.29) is 12.0 Å². The molecule has 0 aliphatic carbocycles. The van der Waals surface area contributed by atoms with Crippen LogP contribution in [0.1, 0.15) is 33.1 Å². The van der Waals surface area contributed by atoms with Crippen molar-refractivity contribution in [1.82, 2.24) is 5.43 Å². The molecule has 0 aromatic carbocycles. The Bertz CT molecular complexity index is 163. The lowest BCUT2D eigenvalue weighted by Crippen LogP contribution is -2.29. The molecule has 0 bridgehead atoms. The van der Waals surface area contributed by atoms with Crippen LogP contribution < -0.4 is 11.3 Å². The molecule has 0 aromatic heterocycles. The predicted octanol–water partition coefficient (Wildman–Crippen LogP) is 0.588. The van der Waals surface area contributed by atoms with E-state index in [4.69, 9.17) is 15.3 Å². The summed E-state index contributed by atoms with van der Waals surface area (Å²) < 4.78 is 10.6. The van der Waals surface area contributed by atoms with Gasteiger partial charge in [0, 0.05) is 13.0 Å². The van der Waals surface area contributed by atoms with E-state index in [0.29, 0.717) is 26.2 Å². The summed E-state index contributed by atoms with van der Waals surface area (Å²) in [5.41, 5.74) is 2.09. The molecular weight excluding hydrogens is 196 g/mol. The topological polar surface area (TPSA) is 73.6 Å². The first-order valence-corrected chi connectivity index (χ1v) is 5.35. The minimum Gasteiger partial charge on any atom is -0.379 e. The summed E-state index contributed by atoms with van der Waals surface area (Å²) in [5.74, 6) is 4.81. The molecule has 0 radical (unpaired) electrons. The van der Waals surface area contributed by atoms with Crippen molar-refractivity contribution in [2.24, 2.45) is 5.84 Å². The van der Waals surface area contributed by atoms with Crippen LogP contribution in [0, 0.1) is 0 Å². The number of rotatable bonds is 9. The number of amides is 1. The quantitative estimate of drug-likeness (QED) is 0.257. The van der Waals surface area contributed by atoms with Crippen molar-refractivity contribution in [2.45, 2.75) is 39.2 Å². The minimum absolute atomic E-state index is 0.127. The molecule has 0 saturated heterocycles. The van der Waals surface area contributed by atoms with Gasteiger partial charge in [-0.05, 0) is 26.7 Å². The Morgan fingerprint density at radius 3 is 2.60 bits per heavy atom. The maximum absolute atomic E-state index is 10.7. The van der Waals surface area contributed by atoms with Gasteiger partial charge >= 0.3 is 0 Å². The first kappa shape index (κ1) is 14.3. The Kier molecular flexibility index (Phi) is 9.46. The van der Waals surface area contributed by atoms with Crippen LogP contribution in [-0.4, -0.2) is 31.8 Å². The monoisotopic (exact) mass is 218 g/mol. The van der Waals surface area contributed by atoms with Crippen molar-refractivity contribution in [2.75, 3.05) is 19.8 Å². The molecule has 90 valence electrons. The summed E-state index contributed by atoms with van der Waals surface area (Å²) in [6.07, 6.45) is 2.38. The van der Waals surface area contributed by atoms with E-state index in [9.17, 15) is 4.79 Å². The molecule has 5 heteroatoms. The van der Waals surface area contributed by atoms with Gasteiger partial charge in [-0.3, -0.25) is 10.2 Å². The smallest absolute Gasteiger partial charge is 0.233 e. The van der Waals surface area contributed by atoms with Crippen LogP contribution >= 0.6 is 0 Å². The average Bonchev–Trinajstić information content (AvgIpc) is 2.21. The standard InChI is InChI=1S/C10H22N2O3/c1-9(2)15-8-7-14-6-4-3-5-10(13)12-11/h9H,3-8,11H2,1-2H3,(H,12,13). The highest BCUT2D eigenvalue weighted by Crippen LogP contribution is 1.95. The lowest BCUT2D eigenvalue weighted by Gasteiger charge is -2.07. The normalized spacial score (nSPS) is 10.7. The van der Waals surface area contributed by atoms with Crippen LogP contribution in [0.3, 0.4) is 0 Å². The van der Waals surface area contributed by atoms with Gasteiger partial charge in [0.25, 0.3) is 0 Å². The molecule has 5 nitrogen and oxygen atoms in total.